The van der Waals surface area contributed by atoms with Gasteiger partial charge in [0.2, 0.25) is 0 Å². The minimum absolute atomic E-state index is 0.211. The van der Waals surface area contributed by atoms with E-state index >= 15 is 0 Å². The van der Waals surface area contributed by atoms with Crippen molar-refractivity contribution in [1.29, 1.82) is 0 Å². The lowest BCUT2D eigenvalue weighted by Crippen LogP contribution is -1.91. The molecule has 0 aliphatic carbocycles. The molecule has 0 aliphatic rings. The molecule has 0 N–H and O–H groups in total. The van der Waals surface area contributed by atoms with Crippen LogP contribution in [-0.2, 0) is 0 Å². The van der Waals surface area contributed by atoms with Crippen molar-refractivity contribution in [3.63, 3.8) is 0 Å². The van der Waals surface area contributed by atoms with E-state index < -0.39 is 0 Å². The zero-order valence-corrected chi connectivity index (χ0v) is 9.62. The second kappa shape index (κ2) is 5.07. The molecule has 1 heterocycles. The first-order chi connectivity index (χ1) is 7.75. The minimum atomic E-state index is -0.211. The SMILES string of the molecule is CC(Sc1ncccn1)c1ccc(F)cc1. The lowest BCUT2D eigenvalue weighted by atomic mass is 10.2. The molecule has 82 valence electrons. The van der Waals surface area contributed by atoms with Gasteiger partial charge >= 0.3 is 0 Å². The monoisotopic (exact) mass is 234 g/mol. The second-order valence-electron chi connectivity index (χ2n) is 3.34. The van der Waals surface area contributed by atoms with E-state index in [1.807, 2.05) is 6.92 Å². The Hall–Kier alpha value is -1.42. The maximum atomic E-state index is 12.7. The highest BCUT2D eigenvalue weighted by atomic mass is 32.2. The molecule has 0 radical (unpaired) electrons. The van der Waals surface area contributed by atoms with E-state index in [4.69, 9.17) is 0 Å². The minimum Gasteiger partial charge on any atom is -0.231 e. The summed E-state index contributed by atoms with van der Waals surface area (Å²) in [5.41, 5.74) is 1.07. The summed E-state index contributed by atoms with van der Waals surface area (Å²) in [4.78, 5) is 8.28. The predicted octanol–water partition coefficient (Wildman–Crippen LogP) is 3.47. The van der Waals surface area contributed by atoms with Crippen molar-refractivity contribution in [2.24, 2.45) is 0 Å². The average molecular weight is 234 g/mol. The number of hydrogen-bond acceptors (Lipinski definition) is 3. The quantitative estimate of drug-likeness (QED) is 0.600. The van der Waals surface area contributed by atoms with Gasteiger partial charge in [0, 0.05) is 17.6 Å². The molecule has 0 amide bonds. The van der Waals surface area contributed by atoms with E-state index in [9.17, 15) is 4.39 Å². The highest BCUT2D eigenvalue weighted by molar-refractivity contribution is 7.99. The van der Waals surface area contributed by atoms with Gasteiger partial charge in [-0.05, 0) is 30.7 Å². The zero-order valence-electron chi connectivity index (χ0n) is 8.80. The van der Waals surface area contributed by atoms with E-state index in [0.29, 0.717) is 0 Å². The summed E-state index contributed by atoms with van der Waals surface area (Å²) in [6, 6.07) is 8.30. The largest absolute Gasteiger partial charge is 0.231 e. The summed E-state index contributed by atoms with van der Waals surface area (Å²) in [7, 11) is 0. The molecule has 0 saturated heterocycles. The van der Waals surface area contributed by atoms with Crippen LogP contribution in [0.2, 0.25) is 0 Å². The normalized spacial score (nSPS) is 12.4. The fourth-order valence-corrected chi connectivity index (χ4v) is 2.16. The number of thioether (sulfide) groups is 1. The van der Waals surface area contributed by atoms with Gasteiger partial charge in [0.05, 0.1) is 0 Å². The zero-order chi connectivity index (χ0) is 11.4. The molecule has 0 spiro atoms. The fraction of sp³-hybridized carbons (Fsp3) is 0.167. The van der Waals surface area contributed by atoms with Gasteiger partial charge in [-0.25, -0.2) is 14.4 Å². The molecule has 1 unspecified atom stereocenters. The Morgan fingerprint density at radius 3 is 2.38 bits per heavy atom. The molecule has 1 aromatic carbocycles. The molecule has 4 heteroatoms. The third-order valence-corrected chi connectivity index (χ3v) is 3.21. The topological polar surface area (TPSA) is 25.8 Å². The molecule has 0 saturated carbocycles. The number of halogens is 1. The summed E-state index contributed by atoms with van der Waals surface area (Å²) >= 11 is 1.56. The number of hydrogen-bond donors (Lipinski definition) is 0. The number of rotatable bonds is 3. The molecule has 2 nitrogen and oxygen atoms in total. The number of benzene rings is 1. The van der Waals surface area contributed by atoms with Gasteiger partial charge in [-0.2, -0.15) is 0 Å². The summed E-state index contributed by atoms with van der Waals surface area (Å²) in [6.45, 7) is 2.05. The predicted molar refractivity (Wildman–Crippen MR) is 62.7 cm³/mol. The third kappa shape index (κ3) is 2.79. The number of nitrogens with zero attached hydrogens (tertiary/aromatic N) is 2. The van der Waals surface area contributed by atoms with Crippen LogP contribution in [0.3, 0.4) is 0 Å². The molecule has 2 rings (SSSR count). The van der Waals surface area contributed by atoms with Crippen LogP contribution in [0.25, 0.3) is 0 Å². The summed E-state index contributed by atoms with van der Waals surface area (Å²) in [5.74, 6) is -0.211. The Morgan fingerprint density at radius 2 is 1.75 bits per heavy atom. The summed E-state index contributed by atoms with van der Waals surface area (Å²) < 4.78 is 12.7. The Morgan fingerprint density at radius 1 is 1.12 bits per heavy atom. The van der Waals surface area contributed by atoms with Crippen molar-refractivity contribution in [2.75, 3.05) is 0 Å². The molecule has 16 heavy (non-hydrogen) atoms. The van der Waals surface area contributed by atoms with Crippen molar-refractivity contribution >= 4 is 11.8 Å². The van der Waals surface area contributed by atoms with Gasteiger partial charge in [0.15, 0.2) is 5.16 Å². The molecule has 1 atom stereocenters. The van der Waals surface area contributed by atoms with Crippen LogP contribution < -0.4 is 0 Å². The van der Waals surface area contributed by atoms with Crippen molar-refractivity contribution in [1.82, 2.24) is 9.97 Å². The maximum Gasteiger partial charge on any atom is 0.188 e. The number of aromatic nitrogens is 2. The van der Waals surface area contributed by atoms with Crippen molar-refractivity contribution in [3.05, 3.63) is 54.1 Å². The maximum absolute atomic E-state index is 12.7. The van der Waals surface area contributed by atoms with Crippen LogP contribution in [0.1, 0.15) is 17.7 Å². The highest BCUT2D eigenvalue weighted by Crippen LogP contribution is 2.32. The van der Waals surface area contributed by atoms with Crippen LogP contribution >= 0.6 is 11.8 Å². The Bertz CT molecular complexity index is 444. The standard InChI is InChI=1S/C12H11FN2S/c1-9(10-3-5-11(13)6-4-10)16-12-14-7-2-8-15-12/h2-9H,1H3. The molecule has 0 aliphatic heterocycles. The molecular weight excluding hydrogens is 223 g/mol. The van der Waals surface area contributed by atoms with Crippen molar-refractivity contribution in [2.45, 2.75) is 17.3 Å². The fourth-order valence-electron chi connectivity index (χ4n) is 1.31. The van der Waals surface area contributed by atoms with Gasteiger partial charge in [-0.1, -0.05) is 23.9 Å². The van der Waals surface area contributed by atoms with E-state index in [1.54, 1.807) is 42.4 Å². The molecule has 0 fully saturated rings. The van der Waals surface area contributed by atoms with E-state index in [0.717, 1.165) is 10.7 Å². The first kappa shape index (κ1) is 11.1. The van der Waals surface area contributed by atoms with E-state index in [-0.39, 0.29) is 11.1 Å². The molecule has 0 bridgehead atoms. The highest BCUT2D eigenvalue weighted by Gasteiger charge is 2.08. The smallest absolute Gasteiger partial charge is 0.188 e. The van der Waals surface area contributed by atoms with Gasteiger partial charge in [0.25, 0.3) is 0 Å². The van der Waals surface area contributed by atoms with Gasteiger partial charge in [0.1, 0.15) is 5.82 Å². The van der Waals surface area contributed by atoms with Crippen molar-refractivity contribution in [3.8, 4) is 0 Å². The Balaban J connectivity index is 2.09. The third-order valence-electron chi connectivity index (χ3n) is 2.16. The van der Waals surface area contributed by atoms with E-state index in [1.165, 1.54) is 12.1 Å². The van der Waals surface area contributed by atoms with Crippen LogP contribution in [0, 0.1) is 5.82 Å². The van der Waals surface area contributed by atoms with Crippen LogP contribution in [0.5, 0.6) is 0 Å². The van der Waals surface area contributed by atoms with Gasteiger partial charge in [-0.3, -0.25) is 0 Å². The van der Waals surface area contributed by atoms with Crippen LogP contribution in [0.15, 0.2) is 47.9 Å². The van der Waals surface area contributed by atoms with Gasteiger partial charge < -0.3 is 0 Å². The van der Waals surface area contributed by atoms with Crippen LogP contribution in [-0.4, -0.2) is 9.97 Å². The van der Waals surface area contributed by atoms with Gasteiger partial charge in [-0.15, -0.1) is 0 Å². The van der Waals surface area contributed by atoms with E-state index in [2.05, 4.69) is 9.97 Å². The summed E-state index contributed by atoms with van der Waals surface area (Å²) in [5, 5.41) is 0.947. The lowest BCUT2D eigenvalue weighted by Gasteiger charge is -2.09. The first-order valence-corrected chi connectivity index (χ1v) is 5.83. The lowest BCUT2D eigenvalue weighted by molar-refractivity contribution is 0.627. The molecule has 2 aromatic rings. The Kier molecular flexibility index (Phi) is 3.51. The average Bonchev–Trinajstić information content (AvgIpc) is 2.31. The van der Waals surface area contributed by atoms with Crippen molar-refractivity contribution < 1.29 is 4.39 Å². The molecular formula is C12H11FN2S. The summed E-state index contributed by atoms with van der Waals surface area (Å²) in [6.07, 6.45) is 3.43. The van der Waals surface area contributed by atoms with Crippen LogP contribution in [0.4, 0.5) is 4.39 Å². The molecule has 1 aromatic heterocycles. The second-order valence-corrected chi connectivity index (χ2v) is 4.65. The first-order valence-electron chi connectivity index (χ1n) is 4.95. The Labute approximate surface area is 97.9 Å².